The number of likely N-dealkylation sites (N-methyl/N-ethyl adjacent to an activating group) is 1. The molecule has 1 aliphatic heterocycles. The number of nitrogens with zero attached hydrogens (tertiary/aromatic N) is 2. The van der Waals surface area contributed by atoms with E-state index >= 15 is 0 Å². The molecule has 2 rings (SSSR count). The van der Waals surface area contributed by atoms with Gasteiger partial charge in [0.15, 0.2) is 0 Å². The highest BCUT2D eigenvalue weighted by atomic mass is 16.5. The molecule has 0 N–H and O–H groups in total. The fourth-order valence-corrected chi connectivity index (χ4v) is 2.51. The maximum atomic E-state index is 12.2. The standard InChI is InChI=1S/C17H24N2O3/c1-4-18-9-11-19(12-10-18)17(20)8-6-14-5-7-15(21-2)13-16(14)22-3/h5-8,13H,4,9-12H2,1-3H3/b8-6+. The van der Waals surface area contributed by atoms with Crippen LogP contribution in [0.15, 0.2) is 24.3 Å². The average molecular weight is 304 g/mol. The van der Waals surface area contributed by atoms with Crippen LogP contribution < -0.4 is 9.47 Å². The fourth-order valence-electron chi connectivity index (χ4n) is 2.51. The number of hydrogen-bond donors (Lipinski definition) is 0. The van der Waals surface area contributed by atoms with Gasteiger partial charge in [-0.15, -0.1) is 0 Å². The third-order valence-corrected chi connectivity index (χ3v) is 3.98. The molecule has 0 radical (unpaired) electrons. The predicted molar refractivity (Wildman–Crippen MR) is 87.3 cm³/mol. The zero-order valence-electron chi connectivity index (χ0n) is 13.5. The highest BCUT2D eigenvalue weighted by Crippen LogP contribution is 2.25. The first kappa shape index (κ1) is 16.4. The summed E-state index contributed by atoms with van der Waals surface area (Å²) in [5, 5.41) is 0. The summed E-state index contributed by atoms with van der Waals surface area (Å²) in [6.07, 6.45) is 3.42. The quantitative estimate of drug-likeness (QED) is 0.779. The lowest BCUT2D eigenvalue weighted by molar-refractivity contribution is -0.127. The summed E-state index contributed by atoms with van der Waals surface area (Å²) in [5.41, 5.74) is 0.865. The van der Waals surface area contributed by atoms with Crippen LogP contribution in [0.25, 0.3) is 6.08 Å². The Hall–Kier alpha value is -2.01. The zero-order chi connectivity index (χ0) is 15.9. The van der Waals surface area contributed by atoms with Crippen LogP contribution in [-0.4, -0.2) is 62.7 Å². The van der Waals surface area contributed by atoms with Crippen molar-refractivity contribution in [2.24, 2.45) is 0 Å². The van der Waals surface area contributed by atoms with E-state index in [9.17, 15) is 4.79 Å². The molecule has 1 aliphatic rings. The second kappa shape index (κ2) is 7.84. The van der Waals surface area contributed by atoms with Crippen LogP contribution in [0.4, 0.5) is 0 Å². The Kier molecular flexibility index (Phi) is 5.83. The number of methoxy groups -OCH3 is 2. The van der Waals surface area contributed by atoms with Crippen LogP contribution in [0.3, 0.4) is 0 Å². The van der Waals surface area contributed by atoms with Crippen LogP contribution in [0.2, 0.25) is 0 Å². The molecule has 5 heteroatoms. The van der Waals surface area contributed by atoms with Gasteiger partial charge < -0.3 is 19.3 Å². The molecule has 0 spiro atoms. The molecule has 0 atom stereocenters. The average Bonchev–Trinajstić information content (AvgIpc) is 2.59. The SMILES string of the molecule is CCN1CCN(C(=O)/C=C/c2ccc(OC)cc2OC)CC1. The van der Waals surface area contributed by atoms with Crippen molar-refractivity contribution in [3.63, 3.8) is 0 Å². The van der Waals surface area contributed by atoms with E-state index in [4.69, 9.17) is 9.47 Å². The van der Waals surface area contributed by atoms with Crippen LogP contribution in [0.1, 0.15) is 12.5 Å². The van der Waals surface area contributed by atoms with Gasteiger partial charge in [-0.3, -0.25) is 4.79 Å². The first-order valence-corrected chi connectivity index (χ1v) is 7.59. The molecule has 0 bridgehead atoms. The van der Waals surface area contributed by atoms with Gasteiger partial charge in [-0.1, -0.05) is 6.92 Å². The molecule has 1 aromatic rings. The molecule has 0 saturated carbocycles. The number of carbonyl (C=O) groups is 1. The molecule has 120 valence electrons. The Morgan fingerprint density at radius 2 is 1.91 bits per heavy atom. The highest BCUT2D eigenvalue weighted by molar-refractivity contribution is 5.92. The minimum absolute atomic E-state index is 0.0497. The molecule has 1 saturated heterocycles. The van der Waals surface area contributed by atoms with Crippen LogP contribution >= 0.6 is 0 Å². The predicted octanol–water partition coefficient (Wildman–Crippen LogP) is 1.88. The van der Waals surface area contributed by atoms with E-state index in [1.165, 1.54) is 0 Å². The van der Waals surface area contributed by atoms with Gasteiger partial charge in [0.2, 0.25) is 5.91 Å². The second-order valence-corrected chi connectivity index (χ2v) is 5.20. The summed E-state index contributed by atoms with van der Waals surface area (Å²) in [4.78, 5) is 16.5. The van der Waals surface area contributed by atoms with Gasteiger partial charge in [0, 0.05) is 43.9 Å². The van der Waals surface area contributed by atoms with Crippen molar-refractivity contribution in [3.8, 4) is 11.5 Å². The van der Waals surface area contributed by atoms with E-state index in [0.717, 1.165) is 44.0 Å². The molecule has 0 aromatic heterocycles. The van der Waals surface area contributed by atoms with Crippen molar-refractivity contribution in [1.29, 1.82) is 0 Å². The summed E-state index contributed by atoms with van der Waals surface area (Å²) >= 11 is 0. The number of carbonyl (C=O) groups excluding carboxylic acids is 1. The van der Waals surface area contributed by atoms with Crippen molar-refractivity contribution in [2.45, 2.75) is 6.92 Å². The fraction of sp³-hybridized carbons (Fsp3) is 0.471. The lowest BCUT2D eigenvalue weighted by Gasteiger charge is -2.33. The molecule has 22 heavy (non-hydrogen) atoms. The lowest BCUT2D eigenvalue weighted by Crippen LogP contribution is -2.48. The lowest BCUT2D eigenvalue weighted by atomic mass is 10.1. The van der Waals surface area contributed by atoms with Crippen LogP contribution in [-0.2, 0) is 4.79 Å². The van der Waals surface area contributed by atoms with Gasteiger partial charge >= 0.3 is 0 Å². The normalized spacial score (nSPS) is 16.0. The van der Waals surface area contributed by atoms with Gasteiger partial charge in [-0.25, -0.2) is 0 Å². The molecule has 1 amide bonds. The molecule has 5 nitrogen and oxygen atoms in total. The zero-order valence-corrected chi connectivity index (χ0v) is 13.5. The summed E-state index contributed by atoms with van der Waals surface area (Å²) in [6, 6.07) is 5.55. The van der Waals surface area contributed by atoms with Gasteiger partial charge in [0.05, 0.1) is 14.2 Å². The smallest absolute Gasteiger partial charge is 0.246 e. The monoisotopic (exact) mass is 304 g/mol. The Bertz CT molecular complexity index is 535. The molecule has 0 aliphatic carbocycles. The minimum Gasteiger partial charge on any atom is -0.497 e. The van der Waals surface area contributed by atoms with Crippen molar-refractivity contribution in [2.75, 3.05) is 46.9 Å². The summed E-state index contributed by atoms with van der Waals surface area (Å²) < 4.78 is 10.5. The maximum absolute atomic E-state index is 12.2. The molecular formula is C17H24N2O3. The van der Waals surface area contributed by atoms with Gasteiger partial charge in [0.1, 0.15) is 11.5 Å². The van der Waals surface area contributed by atoms with E-state index in [1.807, 2.05) is 23.1 Å². The molecule has 1 aromatic carbocycles. The Labute approximate surface area is 132 Å². The number of piperazine rings is 1. The van der Waals surface area contributed by atoms with Crippen molar-refractivity contribution >= 4 is 12.0 Å². The number of amides is 1. The first-order chi connectivity index (χ1) is 10.7. The van der Waals surface area contributed by atoms with Crippen molar-refractivity contribution in [1.82, 2.24) is 9.80 Å². The first-order valence-electron chi connectivity index (χ1n) is 7.59. The third kappa shape index (κ3) is 4.01. The second-order valence-electron chi connectivity index (χ2n) is 5.20. The number of benzene rings is 1. The Morgan fingerprint density at radius 1 is 1.18 bits per heavy atom. The van der Waals surface area contributed by atoms with Gasteiger partial charge in [-0.2, -0.15) is 0 Å². The Balaban J connectivity index is 2.01. The third-order valence-electron chi connectivity index (χ3n) is 3.98. The van der Waals surface area contributed by atoms with E-state index in [0.29, 0.717) is 5.75 Å². The molecule has 1 heterocycles. The van der Waals surface area contributed by atoms with Crippen molar-refractivity contribution < 1.29 is 14.3 Å². The summed E-state index contributed by atoms with van der Waals surface area (Å²) in [6.45, 7) is 6.66. The van der Waals surface area contributed by atoms with E-state index in [-0.39, 0.29) is 5.91 Å². The van der Waals surface area contributed by atoms with E-state index < -0.39 is 0 Å². The summed E-state index contributed by atoms with van der Waals surface area (Å²) in [5.74, 6) is 1.48. The number of hydrogen-bond acceptors (Lipinski definition) is 4. The molecule has 0 unspecified atom stereocenters. The maximum Gasteiger partial charge on any atom is 0.246 e. The van der Waals surface area contributed by atoms with Crippen molar-refractivity contribution in [3.05, 3.63) is 29.8 Å². The Morgan fingerprint density at radius 3 is 2.50 bits per heavy atom. The van der Waals surface area contributed by atoms with E-state index in [1.54, 1.807) is 26.4 Å². The summed E-state index contributed by atoms with van der Waals surface area (Å²) in [7, 11) is 3.22. The van der Waals surface area contributed by atoms with E-state index in [2.05, 4.69) is 11.8 Å². The van der Waals surface area contributed by atoms with Crippen LogP contribution in [0, 0.1) is 0 Å². The van der Waals surface area contributed by atoms with Crippen LogP contribution in [0.5, 0.6) is 11.5 Å². The highest BCUT2D eigenvalue weighted by Gasteiger charge is 2.18. The number of rotatable bonds is 5. The topological polar surface area (TPSA) is 42.0 Å². The largest absolute Gasteiger partial charge is 0.497 e. The molecular weight excluding hydrogens is 280 g/mol. The molecule has 1 fully saturated rings. The van der Waals surface area contributed by atoms with Gasteiger partial charge in [-0.05, 0) is 24.8 Å². The number of ether oxygens (including phenoxy) is 2. The minimum atomic E-state index is 0.0497. The van der Waals surface area contributed by atoms with Gasteiger partial charge in [0.25, 0.3) is 0 Å².